The van der Waals surface area contributed by atoms with Gasteiger partial charge in [0.1, 0.15) is 10.9 Å². The molecule has 2 N–H and O–H groups in total. The SMILES string of the molecule is CC(/C=C1\SC(=S)N(CC(=O)NNC(=O)c2cccc([N+](=O)[O-])c2)C1=O)=C\c1ccccc1. The molecule has 0 saturated carbocycles. The van der Waals surface area contributed by atoms with E-state index in [1.54, 1.807) is 6.08 Å². The zero-order valence-corrected chi connectivity index (χ0v) is 18.9. The van der Waals surface area contributed by atoms with Crippen molar-refractivity contribution in [3.8, 4) is 0 Å². The van der Waals surface area contributed by atoms with Gasteiger partial charge in [0.2, 0.25) is 0 Å². The van der Waals surface area contributed by atoms with Crippen LogP contribution < -0.4 is 10.9 Å². The number of non-ortho nitro benzene ring substituents is 1. The minimum Gasteiger partial charge on any atom is -0.283 e. The summed E-state index contributed by atoms with van der Waals surface area (Å²) < 4.78 is 0.221. The molecule has 2 aromatic rings. The molecule has 0 spiro atoms. The number of hydrazine groups is 1. The van der Waals surface area contributed by atoms with Crippen LogP contribution in [0.25, 0.3) is 6.08 Å². The molecular formula is C22H18N4O5S2. The standard InChI is InChI=1S/C22H18N4O5S2/c1-14(10-15-6-3-2-4-7-15)11-18-21(29)25(22(32)33-18)13-19(27)23-24-20(28)16-8-5-9-17(12-16)26(30)31/h2-12H,13H2,1H3,(H,23,27)(H,24,28)/b14-10+,18-11-. The molecule has 0 aromatic heterocycles. The second kappa shape index (κ2) is 10.7. The highest BCUT2D eigenvalue weighted by Crippen LogP contribution is 2.31. The fourth-order valence-corrected chi connectivity index (χ4v) is 4.14. The monoisotopic (exact) mass is 482 g/mol. The van der Waals surface area contributed by atoms with E-state index in [9.17, 15) is 24.5 Å². The lowest BCUT2D eigenvalue weighted by molar-refractivity contribution is -0.384. The Kier molecular flexibility index (Phi) is 7.70. The number of rotatable bonds is 6. The fraction of sp³-hybridized carbons (Fsp3) is 0.0909. The number of thiocarbonyl (C=S) groups is 1. The first-order chi connectivity index (χ1) is 15.7. The molecule has 1 aliphatic heterocycles. The molecule has 0 unspecified atom stereocenters. The predicted molar refractivity (Wildman–Crippen MR) is 129 cm³/mol. The number of nitrogens with one attached hydrogen (secondary N) is 2. The lowest BCUT2D eigenvalue weighted by Gasteiger charge is -2.14. The van der Waals surface area contributed by atoms with E-state index in [-0.39, 0.29) is 15.6 Å². The van der Waals surface area contributed by atoms with Gasteiger partial charge in [-0.3, -0.25) is 40.2 Å². The normalized spacial score (nSPS) is 15.0. The quantitative estimate of drug-likeness (QED) is 0.281. The Morgan fingerprint density at radius 1 is 1.15 bits per heavy atom. The van der Waals surface area contributed by atoms with Crippen LogP contribution >= 0.6 is 24.0 Å². The highest BCUT2D eigenvalue weighted by Gasteiger charge is 2.33. The number of thioether (sulfide) groups is 1. The lowest BCUT2D eigenvalue weighted by Crippen LogP contribution is -2.47. The molecule has 3 rings (SSSR count). The lowest BCUT2D eigenvalue weighted by atomic mass is 10.1. The van der Waals surface area contributed by atoms with Crippen LogP contribution in [-0.2, 0) is 9.59 Å². The van der Waals surface area contributed by atoms with Crippen molar-refractivity contribution in [2.75, 3.05) is 6.54 Å². The maximum atomic E-state index is 12.7. The minimum atomic E-state index is -0.737. The Bertz CT molecular complexity index is 1190. The number of hydrogen-bond acceptors (Lipinski definition) is 7. The smallest absolute Gasteiger partial charge is 0.270 e. The van der Waals surface area contributed by atoms with E-state index in [0.717, 1.165) is 33.9 Å². The van der Waals surface area contributed by atoms with Crippen LogP contribution in [0.15, 0.2) is 71.2 Å². The maximum Gasteiger partial charge on any atom is 0.270 e. The van der Waals surface area contributed by atoms with Crippen molar-refractivity contribution in [1.29, 1.82) is 0 Å². The Hall–Kier alpha value is -3.83. The number of nitro benzene ring substituents is 1. The fourth-order valence-electron chi connectivity index (χ4n) is 2.84. The minimum absolute atomic E-state index is 0.00118. The second-order valence-electron chi connectivity index (χ2n) is 6.88. The van der Waals surface area contributed by atoms with Crippen LogP contribution in [0.1, 0.15) is 22.8 Å². The van der Waals surface area contributed by atoms with Gasteiger partial charge in [-0.15, -0.1) is 0 Å². The van der Waals surface area contributed by atoms with Gasteiger partial charge in [0.15, 0.2) is 0 Å². The van der Waals surface area contributed by atoms with Crippen LogP contribution in [0.2, 0.25) is 0 Å². The third kappa shape index (κ3) is 6.34. The summed E-state index contributed by atoms with van der Waals surface area (Å²) in [5.41, 5.74) is 5.92. The highest BCUT2D eigenvalue weighted by molar-refractivity contribution is 8.26. The predicted octanol–water partition coefficient (Wildman–Crippen LogP) is 3.20. The molecule has 168 valence electrons. The summed E-state index contributed by atoms with van der Waals surface area (Å²) >= 11 is 6.31. The summed E-state index contributed by atoms with van der Waals surface area (Å²) in [7, 11) is 0. The molecule has 0 radical (unpaired) electrons. The molecule has 1 fully saturated rings. The number of carbonyl (C=O) groups is 3. The summed E-state index contributed by atoms with van der Waals surface area (Å²) in [6.45, 7) is 1.47. The number of allylic oxidation sites excluding steroid dienone is 2. The van der Waals surface area contributed by atoms with Gasteiger partial charge in [-0.1, -0.05) is 66.5 Å². The van der Waals surface area contributed by atoms with Gasteiger partial charge in [-0.2, -0.15) is 0 Å². The Balaban J connectivity index is 1.58. The van der Waals surface area contributed by atoms with Crippen LogP contribution in [0, 0.1) is 10.1 Å². The van der Waals surface area contributed by atoms with E-state index in [2.05, 4.69) is 10.9 Å². The van der Waals surface area contributed by atoms with E-state index >= 15 is 0 Å². The highest BCUT2D eigenvalue weighted by atomic mass is 32.2. The van der Waals surface area contributed by atoms with Gasteiger partial charge < -0.3 is 0 Å². The summed E-state index contributed by atoms with van der Waals surface area (Å²) in [5.74, 6) is -1.83. The molecule has 11 heteroatoms. The zero-order chi connectivity index (χ0) is 24.0. The van der Waals surface area contributed by atoms with Gasteiger partial charge in [0, 0.05) is 17.7 Å². The topological polar surface area (TPSA) is 122 Å². The number of nitro groups is 1. The molecule has 3 amide bonds. The molecule has 33 heavy (non-hydrogen) atoms. The molecule has 2 aromatic carbocycles. The van der Waals surface area contributed by atoms with E-state index in [1.807, 2.05) is 43.3 Å². The van der Waals surface area contributed by atoms with Crippen molar-refractivity contribution in [1.82, 2.24) is 15.8 Å². The number of carbonyl (C=O) groups excluding carboxylic acids is 3. The zero-order valence-electron chi connectivity index (χ0n) is 17.3. The van der Waals surface area contributed by atoms with Crippen LogP contribution in [0.5, 0.6) is 0 Å². The van der Waals surface area contributed by atoms with Crippen molar-refractivity contribution in [2.24, 2.45) is 0 Å². The van der Waals surface area contributed by atoms with Gasteiger partial charge in [-0.25, -0.2) is 0 Å². The third-order valence-corrected chi connectivity index (χ3v) is 5.74. The molecule has 0 atom stereocenters. The molecule has 1 aliphatic rings. The number of hydrogen-bond donors (Lipinski definition) is 2. The van der Waals surface area contributed by atoms with Crippen molar-refractivity contribution in [3.05, 3.63) is 92.4 Å². The number of amides is 3. The van der Waals surface area contributed by atoms with Crippen LogP contribution in [0.4, 0.5) is 5.69 Å². The molecule has 9 nitrogen and oxygen atoms in total. The van der Waals surface area contributed by atoms with E-state index in [4.69, 9.17) is 12.2 Å². The molecule has 1 heterocycles. The van der Waals surface area contributed by atoms with Crippen molar-refractivity contribution in [2.45, 2.75) is 6.92 Å². The summed E-state index contributed by atoms with van der Waals surface area (Å²) in [5, 5.41) is 10.8. The summed E-state index contributed by atoms with van der Waals surface area (Å²) in [4.78, 5) is 48.8. The summed E-state index contributed by atoms with van der Waals surface area (Å²) in [6.07, 6.45) is 3.62. The Morgan fingerprint density at radius 3 is 2.58 bits per heavy atom. The van der Waals surface area contributed by atoms with Gasteiger partial charge in [0.05, 0.1) is 9.83 Å². The second-order valence-corrected chi connectivity index (χ2v) is 8.55. The summed E-state index contributed by atoms with van der Waals surface area (Å²) in [6, 6.07) is 14.7. The van der Waals surface area contributed by atoms with E-state index in [1.165, 1.54) is 18.2 Å². The molecular weight excluding hydrogens is 464 g/mol. The van der Waals surface area contributed by atoms with Gasteiger partial charge >= 0.3 is 0 Å². The van der Waals surface area contributed by atoms with Crippen molar-refractivity contribution in [3.63, 3.8) is 0 Å². The third-order valence-electron chi connectivity index (χ3n) is 4.36. The van der Waals surface area contributed by atoms with Crippen LogP contribution in [0.3, 0.4) is 0 Å². The maximum absolute atomic E-state index is 12.7. The molecule has 1 saturated heterocycles. The van der Waals surface area contributed by atoms with Gasteiger partial charge in [-0.05, 0) is 30.2 Å². The number of nitrogens with zero attached hydrogens (tertiary/aromatic N) is 2. The first-order valence-electron chi connectivity index (χ1n) is 9.57. The Morgan fingerprint density at radius 2 is 1.88 bits per heavy atom. The molecule has 0 bridgehead atoms. The van der Waals surface area contributed by atoms with E-state index < -0.39 is 29.2 Å². The number of benzene rings is 2. The first kappa shape index (κ1) is 23.8. The first-order valence-corrected chi connectivity index (χ1v) is 10.8. The molecule has 0 aliphatic carbocycles. The Labute approximate surface area is 198 Å². The van der Waals surface area contributed by atoms with Gasteiger partial charge in [0.25, 0.3) is 23.4 Å². The average molecular weight is 483 g/mol. The van der Waals surface area contributed by atoms with E-state index in [0.29, 0.717) is 4.91 Å². The van der Waals surface area contributed by atoms with Crippen molar-refractivity contribution < 1.29 is 19.3 Å². The largest absolute Gasteiger partial charge is 0.283 e. The van der Waals surface area contributed by atoms with Crippen molar-refractivity contribution >= 4 is 57.8 Å². The average Bonchev–Trinajstić information content (AvgIpc) is 3.05. The van der Waals surface area contributed by atoms with Crippen LogP contribution in [-0.4, -0.2) is 38.4 Å².